The number of piperazine rings is 1. The minimum absolute atomic E-state index is 0.00462. The maximum atomic E-state index is 13.5. The van der Waals surface area contributed by atoms with Crippen molar-refractivity contribution in [2.24, 2.45) is 0 Å². The van der Waals surface area contributed by atoms with Crippen LogP contribution in [0.15, 0.2) is 82.7 Å². The first-order valence-corrected chi connectivity index (χ1v) is 11.6. The third kappa shape index (κ3) is 3.58. The van der Waals surface area contributed by atoms with E-state index in [2.05, 4.69) is 15.3 Å². The maximum Gasteiger partial charge on any atom is 0.226 e. The maximum absolute atomic E-state index is 13.5. The number of hydrogen-bond donors (Lipinski definition) is 1. The Balaban J connectivity index is 1.73. The van der Waals surface area contributed by atoms with E-state index in [1.807, 2.05) is 18.2 Å². The van der Waals surface area contributed by atoms with E-state index < -0.39 is 9.84 Å². The molecule has 8 heteroatoms. The molecule has 158 valence electrons. The summed E-state index contributed by atoms with van der Waals surface area (Å²) in [6.45, 7) is 3.45. The van der Waals surface area contributed by atoms with Gasteiger partial charge in [-0.05, 0) is 54.6 Å². The Bertz CT molecular complexity index is 1330. The molecule has 0 spiro atoms. The van der Waals surface area contributed by atoms with Crippen LogP contribution in [-0.4, -0.2) is 44.4 Å². The van der Waals surface area contributed by atoms with Crippen molar-refractivity contribution in [2.75, 3.05) is 31.1 Å². The number of halogens is 1. The molecule has 1 aliphatic rings. The predicted octanol–water partition coefficient (Wildman–Crippen LogP) is 3.41. The van der Waals surface area contributed by atoms with Gasteiger partial charge in [-0.1, -0.05) is 18.2 Å². The molecule has 0 aliphatic carbocycles. The molecule has 0 amide bonds. The second-order valence-electron chi connectivity index (χ2n) is 7.45. The van der Waals surface area contributed by atoms with Crippen molar-refractivity contribution >= 4 is 26.4 Å². The summed E-state index contributed by atoms with van der Waals surface area (Å²) in [5.74, 6) is -0.363. The number of benzene rings is 3. The standard InChI is InChI=1S/C23H21FN4O2S/c24-17-6-8-18(9-7-17)28-22-11-10-19(27-14-12-25-13-15-27)16-21(22)23(26-28)31(29,30)20-4-2-1-3-5-20/h1-11,16,25H,12-15H2. The zero-order valence-electron chi connectivity index (χ0n) is 16.7. The number of nitrogens with zero attached hydrogens (tertiary/aromatic N) is 3. The van der Waals surface area contributed by atoms with Crippen LogP contribution in [0, 0.1) is 5.82 Å². The van der Waals surface area contributed by atoms with Gasteiger partial charge in [-0.25, -0.2) is 17.5 Å². The summed E-state index contributed by atoms with van der Waals surface area (Å²) < 4.78 is 42.0. The molecule has 3 aromatic carbocycles. The quantitative estimate of drug-likeness (QED) is 0.531. The predicted molar refractivity (Wildman–Crippen MR) is 118 cm³/mol. The minimum atomic E-state index is -3.85. The van der Waals surface area contributed by atoms with Crippen molar-refractivity contribution in [1.29, 1.82) is 0 Å². The van der Waals surface area contributed by atoms with E-state index in [1.165, 1.54) is 12.1 Å². The van der Waals surface area contributed by atoms with Crippen molar-refractivity contribution in [3.05, 3.63) is 78.6 Å². The van der Waals surface area contributed by atoms with Crippen LogP contribution in [0.3, 0.4) is 0 Å². The van der Waals surface area contributed by atoms with E-state index in [0.29, 0.717) is 16.6 Å². The Morgan fingerprint density at radius 2 is 1.55 bits per heavy atom. The molecule has 4 aromatic rings. The van der Waals surface area contributed by atoms with Gasteiger partial charge in [0, 0.05) is 37.3 Å². The lowest BCUT2D eigenvalue weighted by molar-refractivity contribution is 0.589. The molecular weight excluding hydrogens is 415 g/mol. The molecule has 1 N–H and O–H groups in total. The number of aromatic nitrogens is 2. The van der Waals surface area contributed by atoms with Crippen molar-refractivity contribution in [3.8, 4) is 5.69 Å². The van der Waals surface area contributed by atoms with Gasteiger partial charge in [0.05, 0.1) is 16.1 Å². The molecule has 1 aromatic heterocycles. The fourth-order valence-corrected chi connectivity index (χ4v) is 5.27. The summed E-state index contributed by atoms with van der Waals surface area (Å²) in [6, 6.07) is 19.9. The molecule has 0 radical (unpaired) electrons. The summed E-state index contributed by atoms with van der Waals surface area (Å²) in [7, 11) is -3.85. The van der Waals surface area contributed by atoms with Crippen LogP contribution in [0.5, 0.6) is 0 Å². The summed E-state index contributed by atoms with van der Waals surface area (Å²) in [6.07, 6.45) is 0. The zero-order chi connectivity index (χ0) is 21.4. The number of anilines is 1. The van der Waals surface area contributed by atoms with Crippen molar-refractivity contribution in [2.45, 2.75) is 9.92 Å². The van der Waals surface area contributed by atoms with Gasteiger partial charge in [0.2, 0.25) is 9.84 Å². The van der Waals surface area contributed by atoms with E-state index >= 15 is 0 Å². The molecule has 0 saturated carbocycles. The lowest BCUT2D eigenvalue weighted by Gasteiger charge is -2.29. The molecule has 6 nitrogen and oxygen atoms in total. The molecule has 1 saturated heterocycles. The number of nitrogens with one attached hydrogen (secondary N) is 1. The fourth-order valence-electron chi connectivity index (χ4n) is 3.89. The lowest BCUT2D eigenvalue weighted by Crippen LogP contribution is -2.43. The highest BCUT2D eigenvalue weighted by molar-refractivity contribution is 7.91. The molecule has 5 rings (SSSR count). The van der Waals surface area contributed by atoms with E-state index in [9.17, 15) is 12.8 Å². The number of fused-ring (bicyclic) bond motifs is 1. The van der Waals surface area contributed by atoms with Gasteiger partial charge in [-0.2, -0.15) is 5.10 Å². The topological polar surface area (TPSA) is 67.2 Å². The molecule has 31 heavy (non-hydrogen) atoms. The lowest BCUT2D eigenvalue weighted by atomic mass is 10.2. The van der Waals surface area contributed by atoms with Crippen molar-refractivity contribution < 1.29 is 12.8 Å². The van der Waals surface area contributed by atoms with Gasteiger partial charge in [0.25, 0.3) is 0 Å². The first kappa shape index (κ1) is 19.7. The van der Waals surface area contributed by atoms with Crippen molar-refractivity contribution in [1.82, 2.24) is 15.1 Å². The number of hydrogen-bond acceptors (Lipinski definition) is 5. The van der Waals surface area contributed by atoms with Gasteiger partial charge in [0.15, 0.2) is 5.03 Å². The van der Waals surface area contributed by atoms with Crippen LogP contribution in [0.1, 0.15) is 0 Å². The summed E-state index contributed by atoms with van der Waals surface area (Å²) in [5, 5.41) is 8.36. The van der Waals surface area contributed by atoms with Crippen LogP contribution >= 0.6 is 0 Å². The second-order valence-corrected chi connectivity index (χ2v) is 9.31. The fraction of sp³-hybridized carbons (Fsp3) is 0.174. The Labute approximate surface area is 179 Å². The summed E-state index contributed by atoms with van der Waals surface area (Å²) >= 11 is 0. The highest BCUT2D eigenvalue weighted by atomic mass is 32.2. The Kier molecular flexibility index (Phi) is 4.95. The second kappa shape index (κ2) is 7.79. The van der Waals surface area contributed by atoms with Gasteiger partial charge in [-0.3, -0.25) is 0 Å². The van der Waals surface area contributed by atoms with Crippen LogP contribution in [0.2, 0.25) is 0 Å². The van der Waals surface area contributed by atoms with Gasteiger partial charge in [-0.15, -0.1) is 0 Å². The SMILES string of the molecule is O=S(=O)(c1ccccc1)c1nn(-c2ccc(F)cc2)c2ccc(N3CCNCC3)cc12. The summed E-state index contributed by atoms with van der Waals surface area (Å²) in [5.41, 5.74) is 2.20. The van der Waals surface area contributed by atoms with Crippen LogP contribution in [0.25, 0.3) is 16.6 Å². The van der Waals surface area contributed by atoms with Gasteiger partial charge >= 0.3 is 0 Å². The smallest absolute Gasteiger partial charge is 0.226 e. The molecular formula is C23H21FN4O2S. The Hall–Kier alpha value is -3.23. The summed E-state index contributed by atoms with van der Waals surface area (Å²) in [4.78, 5) is 2.41. The van der Waals surface area contributed by atoms with E-state index in [1.54, 1.807) is 47.1 Å². The molecule has 2 heterocycles. The van der Waals surface area contributed by atoms with Crippen LogP contribution in [-0.2, 0) is 9.84 Å². The Morgan fingerprint density at radius 1 is 0.871 bits per heavy atom. The Morgan fingerprint density at radius 3 is 2.26 bits per heavy atom. The normalized spacial score (nSPS) is 14.8. The monoisotopic (exact) mass is 436 g/mol. The largest absolute Gasteiger partial charge is 0.369 e. The van der Waals surface area contributed by atoms with Gasteiger partial charge in [0.1, 0.15) is 5.82 Å². The zero-order valence-corrected chi connectivity index (χ0v) is 17.5. The average molecular weight is 437 g/mol. The minimum Gasteiger partial charge on any atom is -0.369 e. The van der Waals surface area contributed by atoms with Crippen molar-refractivity contribution in [3.63, 3.8) is 0 Å². The first-order chi connectivity index (χ1) is 15.0. The van der Waals surface area contributed by atoms with Crippen LogP contribution in [0.4, 0.5) is 10.1 Å². The highest BCUT2D eigenvalue weighted by Gasteiger charge is 2.26. The number of sulfone groups is 1. The third-order valence-electron chi connectivity index (χ3n) is 5.49. The molecule has 0 unspecified atom stereocenters. The number of rotatable bonds is 4. The molecule has 0 atom stereocenters. The third-order valence-corrected chi connectivity index (χ3v) is 7.19. The molecule has 1 aliphatic heterocycles. The van der Waals surface area contributed by atoms with Gasteiger partial charge < -0.3 is 10.2 Å². The first-order valence-electron chi connectivity index (χ1n) is 10.1. The van der Waals surface area contributed by atoms with E-state index in [-0.39, 0.29) is 15.7 Å². The molecule has 0 bridgehead atoms. The highest BCUT2D eigenvalue weighted by Crippen LogP contribution is 2.32. The average Bonchev–Trinajstić information content (AvgIpc) is 3.20. The van der Waals surface area contributed by atoms with E-state index in [0.717, 1.165) is 31.9 Å². The van der Waals surface area contributed by atoms with E-state index in [4.69, 9.17) is 0 Å². The van der Waals surface area contributed by atoms with Crippen LogP contribution < -0.4 is 10.2 Å². The molecule has 1 fully saturated rings.